The number of ether oxygens (including phenoxy) is 1. The van der Waals surface area contributed by atoms with Crippen molar-refractivity contribution in [3.05, 3.63) is 93.7 Å². The number of amides is 3. The van der Waals surface area contributed by atoms with Crippen molar-refractivity contribution in [3.63, 3.8) is 0 Å². The van der Waals surface area contributed by atoms with Crippen LogP contribution in [0, 0.1) is 11.2 Å². The number of halogens is 6. The van der Waals surface area contributed by atoms with Crippen molar-refractivity contribution < 1.29 is 36.7 Å². The molecule has 1 aromatic heterocycles. The van der Waals surface area contributed by atoms with Crippen molar-refractivity contribution in [2.45, 2.75) is 38.4 Å². The lowest BCUT2D eigenvalue weighted by Crippen LogP contribution is -2.45. The van der Waals surface area contributed by atoms with E-state index in [2.05, 4.69) is 41.5 Å². The monoisotopic (exact) mass is 762 g/mol. The van der Waals surface area contributed by atoms with Crippen molar-refractivity contribution in [3.8, 4) is 6.01 Å². The van der Waals surface area contributed by atoms with Crippen molar-refractivity contribution >= 4 is 64.2 Å². The molecular weight excluding hydrogens is 731 g/mol. The summed E-state index contributed by atoms with van der Waals surface area (Å²) in [5, 5.41) is 14.4. The molecule has 0 aliphatic heterocycles. The minimum Gasteiger partial charge on any atom is -0.454 e. The highest BCUT2D eigenvalue weighted by Crippen LogP contribution is 2.48. The molecular formula is C34H32Cl2F4N8O4. The van der Waals surface area contributed by atoms with Crippen LogP contribution in [0.15, 0.2) is 66.7 Å². The Balaban J connectivity index is 1.20. The SMILES string of the molecule is CC(C)(CNC(=O)C(=O)Nc1ccc(Cl)cc1)CNC(=O)c1ccc(Nc2nc(NC3(c4ccc(Cl)cc4)CC3)nc(OCC(F)(F)F)n2)cc1F. The van der Waals surface area contributed by atoms with E-state index in [1.807, 2.05) is 12.1 Å². The molecule has 1 heterocycles. The van der Waals surface area contributed by atoms with Crippen LogP contribution in [-0.2, 0) is 15.1 Å². The van der Waals surface area contributed by atoms with Gasteiger partial charge in [-0.3, -0.25) is 14.4 Å². The number of hydrogen-bond donors (Lipinski definition) is 5. The van der Waals surface area contributed by atoms with Gasteiger partial charge in [-0.15, -0.1) is 0 Å². The molecule has 1 fully saturated rings. The van der Waals surface area contributed by atoms with Gasteiger partial charge in [0.05, 0.1) is 11.1 Å². The summed E-state index contributed by atoms with van der Waals surface area (Å²) >= 11 is 11.8. The lowest BCUT2D eigenvalue weighted by Gasteiger charge is -2.25. The number of alkyl halides is 3. The van der Waals surface area contributed by atoms with Crippen LogP contribution in [0.5, 0.6) is 6.01 Å². The van der Waals surface area contributed by atoms with E-state index in [0.717, 1.165) is 11.6 Å². The molecule has 18 heteroatoms. The zero-order valence-electron chi connectivity index (χ0n) is 27.6. The molecule has 12 nitrogen and oxygen atoms in total. The second kappa shape index (κ2) is 15.6. The molecule has 52 heavy (non-hydrogen) atoms. The van der Waals surface area contributed by atoms with Gasteiger partial charge in [-0.1, -0.05) is 49.2 Å². The highest BCUT2D eigenvalue weighted by molar-refractivity contribution is 6.39. The summed E-state index contributed by atoms with van der Waals surface area (Å²) in [7, 11) is 0. The Labute approximate surface area is 305 Å². The maximum atomic E-state index is 15.2. The fourth-order valence-corrected chi connectivity index (χ4v) is 5.03. The number of hydrogen-bond acceptors (Lipinski definition) is 9. The summed E-state index contributed by atoms with van der Waals surface area (Å²) in [6, 6.07) is 16.2. The number of nitrogens with one attached hydrogen (secondary N) is 5. The lowest BCUT2D eigenvalue weighted by atomic mass is 9.93. The van der Waals surface area contributed by atoms with Crippen LogP contribution in [-0.4, -0.2) is 58.5 Å². The van der Waals surface area contributed by atoms with Crippen LogP contribution in [0.4, 0.5) is 40.8 Å². The predicted molar refractivity (Wildman–Crippen MR) is 186 cm³/mol. The summed E-state index contributed by atoms with van der Waals surface area (Å²) < 4.78 is 58.7. The van der Waals surface area contributed by atoms with E-state index in [1.54, 1.807) is 38.1 Å². The van der Waals surface area contributed by atoms with Gasteiger partial charge in [0, 0.05) is 34.5 Å². The minimum absolute atomic E-state index is 0.00318. The average Bonchev–Trinajstić information content (AvgIpc) is 3.86. The normalized spacial score (nSPS) is 13.5. The number of carbonyl (C=O) groups excluding carboxylic acids is 3. The third-order valence-corrected chi connectivity index (χ3v) is 8.21. The first kappa shape index (κ1) is 38.0. The number of rotatable bonds is 13. The summed E-state index contributed by atoms with van der Waals surface area (Å²) in [5.74, 6) is -3.79. The number of anilines is 4. The van der Waals surface area contributed by atoms with E-state index in [0.29, 0.717) is 28.6 Å². The quantitative estimate of drug-likeness (QED) is 0.0746. The first-order valence-corrected chi connectivity index (χ1v) is 16.4. The van der Waals surface area contributed by atoms with Gasteiger partial charge in [-0.2, -0.15) is 28.1 Å². The van der Waals surface area contributed by atoms with Crippen LogP contribution in [0.25, 0.3) is 0 Å². The molecule has 3 amide bonds. The van der Waals surface area contributed by atoms with Gasteiger partial charge < -0.3 is 31.3 Å². The van der Waals surface area contributed by atoms with Gasteiger partial charge in [0.25, 0.3) is 5.91 Å². The smallest absolute Gasteiger partial charge is 0.422 e. The van der Waals surface area contributed by atoms with Crippen molar-refractivity contribution in [2.24, 2.45) is 5.41 Å². The van der Waals surface area contributed by atoms with Gasteiger partial charge in [0.2, 0.25) is 11.9 Å². The molecule has 5 N–H and O–H groups in total. The van der Waals surface area contributed by atoms with E-state index in [4.69, 9.17) is 27.9 Å². The standard InChI is InChI=1S/C34H32Cl2F4N8O4/c1-32(2,17-42-27(50)28(51)43-22-9-7-21(36)8-10-22)16-41-26(49)24-12-11-23(15-25(24)37)44-29-45-30(47-31(46-29)52-18-34(38,39)40)48-33(13-14-33)19-3-5-20(35)6-4-19/h3-12,15H,13-14,16-18H2,1-2H3,(H,41,49)(H,42,50)(H,43,51)(H2,44,45,46,47,48). The molecule has 274 valence electrons. The molecule has 0 radical (unpaired) electrons. The van der Waals surface area contributed by atoms with Crippen LogP contribution >= 0.6 is 23.2 Å². The maximum absolute atomic E-state index is 15.2. The maximum Gasteiger partial charge on any atom is 0.422 e. The highest BCUT2D eigenvalue weighted by Gasteiger charge is 2.45. The fraction of sp³-hybridized carbons (Fsp3) is 0.294. The van der Waals surface area contributed by atoms with E-state index in [9.17, 15) is 27.6 Å². The molecule has 0 saturated heterocycles. The van der Waals surface area contributed by atoms with Crippen LogP contribution < -0.4 is 31.3 Å². The van der Waals surface area contributed by atoms with Gasteiger partial charge in [-0.25, -0.2) is 4.39 Å². The Bertz CT molecular complexity index is 1940. The molecule has 0 spiro atoms. The lowest BCUT2D eigenvalue weighted by molar-refractivity contribution is -0.154. The minimum atomic E-state index is -4.66. The second-order valence-corrected chi connectivity index (χ2v) is 13.6. The second-order valence-electron chi connectivity index (χ2n) is 12.7. The Morgan fingerprint density at radius 3 is 2.02 bits per heavy atom. The van der Waals surface area contributed by atoms with E-state index >= 15 is 4.39 Å². The number of benzene rings is 3. The number of aromatic nitrogens is 3. The van der Waals surface area contributed by atoms with Gasteiger partial charge in [-0.05, 0) is 78.4 Å². The van der Waals surface area contributed by atoms with Crippen molar-refractivity contribution in [1.82, 2.24) is 25.6 Å². The zero-order chi connectivity index (χ0) is 37.7. The van der Waals surface area contributed by atoms with Crippen molar-refractivity contribution in [1.29, 1.82) is 0 Å². The first-order valence-electron chi connectivity index (χ1n) is 15.7. The molecule has 3 aromatic carbocycles. The largest absolute Gasteiger partial charge is 0.454 e. The molecule has 5 rings (SSSR count). The highest BCUT2D eigenvalue weighted by atomic mass is 35.5. The molecule has 0 atom stereocenters. The molecule has 1 aliphatic rings. The van der Waals surface area contributed by atoms with Crippen molar-refractivity contribution in [2.75, 3.05) is 35.6 Å². The Morgan fingerprint density at radius 1 is 0.808 bits per heavy atom. The molecule has 1 saturated carbocycles. The molecule has 4 aromatic rings. The predicted octanol–water partition coefficient (Wildman–Crippen LogP) is 6.61. The Hall–Kier alpha value is -5.22. The van der Waals surface area contributed by atoms with Gasteiger partial charge in [0.1, 0.15) is 5.82 Å². The van der Waals surface area contributed by atoms with Gasteiger partial charge in [0.15, 0.2) is 6.61 Å². The average molecular weight is 764 g/mol. The third kappa shape index (κ3) is 10.6. The summed E-state index contributed by atoms with van der Waals surface area (Å²) in [6.45, 7) is 1.80. The summed E-state index contributed by atoms with van der Waals surface area (Å²) in [6.07, 6.45) is -3.29. The number of carbonyl (C=O) groups is 3. The van der Waals surface area contributed by atoms with E-state index in [1.165, 1.54) is 24.3 Å². The zero-order valence-corrected chi connectivity index (χ0v) is 29.1. The molecule has 0 unspecified atom stereocenters. The number of nitrogens with zero attached hydrogens (tertiary/aromatic N) is 3. The van der Waals surface area contributed by atoms with E-state index in [-0.39, 0.29) is 36.2 Å². The van der Waals surface area contributed by atoms with Crippen LogP contribution in [0.1, 0.15) is 42.6 Å². The van der Waals surface area contributed by atoms with Gasteiger partial charge >= 0.3 is 24.0 Å². The molecule has 1 aliphatic carbocycles. The third-order valence-electron chi connectivity index (χ3n) is 7.71. The first-order chi connectivity index (χ1) is 24.5. The Kier molecular flexibility index (Phi) is 11.4. The fourth-order valence-electron chi connectivity index (χ4n) is 4.78. The van der Waals surface area contributed by atoms with E-state index < -0.39 is 53.3 Å². The van der Waals surface area contributed by atoms with Crippen LogP contribution in [0.2, 0.25) is 10.0 Å². The summed E-state index contributed by atoms with van der Waals surface area (Å²) in [5.41, 5.74) is -0.312. The Morgan fingerprint density at radius 2 is 1.40 bits per heavy atom. The molecule has 0 bridgehead atoms. The van der Waals surface area contributed by atoms with Crippen LogP contribution in [0.3, 0.4) is 0 Å². The summed E-state index contributed by atoms with van der Waals surface area (Å²) in [4.78, 5) is 49.6. The topological polar surface area (TPSA) is 159 Å².